The Morgan fingerprint density at radius 2 is 1.70 bits per heavy atom. The predicted octanol–water partition coefficient (Wildman–Crippen LogP) is 8.34. The van der Waals surface area contributed by atoms with Gasteiger partial charge in [0.25, 0.3) is 0 Å². The van der Waals surface area contributed by atoms with Crippen LogP contribution in [0.4, 0.5) is 27.9 Å². The van der Waals surface area contributed by atoms with E-state index >= 15 is 0 Å². The quantitative estimate of drug-likeness (QED) is 0.112. The lowest BCUT2D eigenvalue weighted by Crippen LogP contribution is -2.21. The van der Waals surface area contributed by atoms with Gasteiger partial charge in [0.1, 0.15) is 11.6 Å². The van der Waals surface area contributed by atoms with Crippen molar-refractivity contribution in [2.75, 3.05) is 16.0 Å². The molecule has 11 heteroatoms. The molecule has 0 aliphatic rings. The number of carbonyl (C=O) groups excluding carboxylic acids is 1. The molecule has 2 amide bonds. The number of amides is 2. The summed E-state index contributed by atoms with van der Waals surface area (Å²) in [6.07, 6.45) is 4.42. The number of anilines is 4. The van der Waals surface area contributed by atoms with E-state index in [2.05, 4.69) is 32.8 Å². The number of fused-ring (bicyclic) bond motifs is 1. The van der Waals surface area contributed by atoms with E-state index in [0.717, 1.165) is 47.0 Å². The molecule has 0 atom stereocenters. The van der Waals surface area contributed by atoms with Crippen LogP contribution in [0.1, 0.15) is 41.4 Å². The number of nitrogens with zero attached hydrogens (tertiary/aromatic N) is 4. The van der Waals surface area contributed by atoms with Gasteiger partial charge in [0.2, 0.25) is 11.8 Å². The summed E-state index contributed by atoms with van der Waals surface area (Å²) in [6, 6.07) is 28.6. The topological polar surface area (TPSA) is 143 Å². The molecule has 6 aromatic rings. The van der Waals surface area contributed by atoms with Crippen LogP contribution in [-0.2, 0) is 6.42 Å². The van der Waals surface area contributed by atoms with Gasteiger partial charge in [0, 0.05) is 34.8 Å². The number of aromatic carboxylic acids is 1. The van der Waals surface area contributed by atoms with Gasteiger partial charge < -0.3 is 20.5 Å². The highest BCUT2D eigenvalue weighted by molar-refractivity contribution is 6.07. The van der Waals surface area contributed by atoms with Crippen molar-refractivity contribution in [3.63, 3.8) is 0 Å². The minimum absolute atomic E-state index is 0.143. The van der Waals surface area contributed by atoms with Crippen molar-refractivity contribution in [2.24, 2.45) is 0 Å². The number of carboxylic acid groups (broad SMARTS) is 1. The molecule has 0 aliphatic heterocycles. The molecule has 6 rings (SSSR count). The van der Waals surface area contributed by atoms with Crippen molar-refractivity contribution in [1.82, 2.24) is 19.7 Å². The highest BCUT2D eigenvalue weighted by atomic mass is 16.5. The predicted molar refractivity (Wildman–Crippen MR) is 182 cm³/mol. The Morgan fingerprint density at radius 3 is 2.49 bits per heavy atom. The zero-order valence-corrected chi connectivity index (χ0v) is 25.9. The van der Waals surface area contributed by atoms with E-state index in [0.29, 0.717) is 22.9 Å². The molecule has 2 heterocycles. The maximum Gasteiger partial charge on any atom is 0.335 e. The van der Waals surface area contributed by atoms with Gasteiger partial charge >= 0.3 is 12.0 Å². The SMILES string of the molecule is CCCCc1cc(NC(=O)Nc2ccc(Oc3ccnc(Nc4cccc(C(=O)O)c4)n3)c3ccccc23)n(-c2ccc(C)cc2)n1. The maximum absolute atomic E-state index is 13.4. The number of nitrogens with one attached hydrogen (secondary N) is 3. The van der Waals surface area contributed by atoms with Crippen LogP contribution in [-0.4, -0.2) is 36.9 Å². The van der Waals surface area contributed by atoms with E-state index in [1.54, 1.807) is 41.2 Å². The summed E-state index contributed by atoms with van der Waals surface area (Å²) in [5.74, 6) is 0.599. The molecule has 0 bridgehead atoms. The van der Waals surface area contributed by atoms with Gasteiger partial charge in [-0.2, -0.15) is 10.1 Å². The van der Waals surface area contributed by atoms with Gasteiger partial charge in [-0.25, -0.2) is 19.3 Å². The maximum atomic E-state index is 13.4. The Morgan fingerprint density at radius 1 is 0.894 bits per heavy atom. The second kappa shape index (κ2) is 13.8. The molecule has 2 aromatic heterocycles. The first-order valence-corrected chi connectivity index (χ1v) is 15.2. The smallest absolute Gasteiger partial charge is 0.335 e. The molecule has 0 saturated carbocycles. The average molecular weight is 628 g/mol. The van der Waals surface area contributed by atoms with E-state index < -0.39 is 12.0 Å². The summed E-state index contributed by atoms with van der Waals surface area (Å²) in [4.78, 5) is 33.4. The number of benzene rings is 4. The normalized spacial score (nSPS) is 10.9. The van der Waals surface area contributed by atoms with E-state index in [1.807, 2.05) is 61.5 Å². The lowest BCUT2D eigenvalue weighted by molar-refractivity contribution is 0.0697. The Balaban J connectivity index is 1.21. The monoisotopic (exact) mass is 627 g/mol. The van der Waals surface area contributed by atoms with Crippen molar-refractivity contribution in [1.29, 1.82) is 0 Å². The van der Waals surface area contributed by atoms with Gasteiger partial charge in [-0.05, 0) is 62.2 Å². The number of carboxylic acids is 1. The fourth-order valence-electron chi connectivity index (χ4n) is 5.05. The second-order valence-corrected chi connectivity index (χ2v) is 10.9. The minimum Gasteiger partial charge on any atom is -0.478 e. The van der Waals surface area contributed by atoms with E-state index in [1.165, 1.54) is 12.1 Å². The van der Waals surface area contributed by atoms with Gasteiger partial charge in [0.05, 0.1) is 22.6 Å². The van der Waals surface area contributed by atoms with Crippen LogP contribution in [0.2, 0.25) is 0 Å². The summed E-state index contributed by atoms with van der Waals surface area (Å²) in [7, 11) is 0. The van der Waals surface area contributed by atoms with Crippen molar-refractivity contribution in [2.45, 2.75) is 33.1 Å². The zero-order chi connectivity index (χ0) is 32.8. The molecule has 4 N–H and O–H groups in total. The molecular weight excluding hydrogens is 594 g/mol. The standard InChI is InChI=1S/C36H33N7O4/c1-3-4-9-26-22-32(43(42-26)27-15-13-23(2)14-16-27)40-36(46)39-30-17-18-31(29-12-6-5-11-28(29)30)47-33-19-20-37-35(41-33)38-25-10-7-8-24(21-25)34(44)45/h5-8,10-22H,3-4,9H2,1-2H3,(H,44,45)(H,37,38,41)(H2,39,40,46). The lowest BCUT2D eigenvalue weighted by atomic mass is 10.1. The Hall–Kier alpha value is -6.23. The number of hydrogen-bond donors (Lipinski definition) is 4. The molecule has 4 aromatic carbocycles. The molecule has 0 saturated heterocycles. The van der Waals surface area contributed by atoms with Crippen LogP contribution in [0.25, 0.3) is 16.5 Å². The van der Waals surface area contributed by atoms with Crippen molar-refractivity contribution in [3.8, 4) is 17.3 Å². The van der Waals surface area contributed by atoms with Crippen LogP contribution in [0.5, 0.6) is 11.6 Å². The zero-order valence-electron chi connectivity index (χ0n) is 25.9. The van der Waals surface area contributed by atoms with Gasteiger partial charge in [-0.1, -0.05) is 61.4 Å². The fraction of sp³-hybridized carbons (Fsp3) is 0.139. The first-order chi connectivity index (χ1) is 22.9. The van der Waals surface area contributed by atoms with E-state index in [9.17, 15) is 14.7 Å². The van der Waals surface area contributed by atoms with Crippen molar-refractivity contribution >= 4 is 45.9 Å². The van der Waals surface area contributed by atoms with Crippen LogP contribution in [0.3, 0.4) is 0 Å². The number of rotatable bonds is 11. The van der Waals surface area contributed by atoms with Gasteiger partial charge in [-0.15, -0.1) is 0 Å². The number of carbonyl (C=O) groups is 2. The minimum atomic E-state index is -1.03. The van der Waals surface area contributed by atoms with Crippen LogP contribution < -0.4 is 20.7 Å². The summed E-state index contributed by atoms with van der Waals surface area (Å²) in [6.45, 7) is 4.16. The summed E-state index contributed by atoms with van der Waals surface area (Å²) in [5, 5.41) is 24.6. The summed E-state index contributed by atoms with van der Waals surface area (Å²) < 4.78 is 7.93. The third-order valence-corrected chi connectivity index (χ3v) is 7.41. The highest BCUT2D eigenvalue weighted by Gasteiger charge is 2.15. The number of urea groups is 1. The summed E-state index contributed by atoms with van der Waals surface area (Å²) in [5.41, 5.74) is 4.18. The Labute approximate surface area is 271 Å². The van der Waals surface area contributed by atoms with Crippen molar-refractivity contribution in [3.05, 3.63) is 120 Å². The average Bonchev–Trinajstić information content (AvgIpc) is 3.47. The number of hydrogen-bond acceptors (Lipinski definition) is 7. The third kappa shape index (κ3) is 7.36. The molecule has 0 aliphatic carbocycles. The summed E-state index contributed by atoms with van der Waals surface area (Å²) >= 11 is 0. The molecule has 0 spiro atoms. The molecule has 0 fully saturated rings. The van der Waals surface area contributed by atoms with Crippen LogP contribution in [0, 0.1) is 6.92 Å². The van der Waals surface area contributed by atoms with Gasteiger partial charge in [0.15, 0.2) is 0 Å². The number of aryl methyl sites for hydroxylation is 2. The largest absolute Gasteiger partial charge is 0.478 e. The Kier molecular flexibility index (Phi) is 9.05. The van der Waals surface area contributed by atoms with Crippen molar-refractivity contribution < 1.29 is 19.4 Å². The molecule has 11 nitrogen and oxygen atoms in total. The number of ether oxygens (including phenoxy) is 1. The molecule has 0 unspecified atom stereocenters. The first-order valence-electron chi connectivity index (χ1n) is 15.2. The van der Waals surface area contributed by atoms with Crippen LogP contribution in [0.15, 0.2) is 103 Å². The number of unbranched alkanes of at least 4 members (excludes halogenated alkanes) is 1. The fourth-order valence-corrected chi connectivity index (χ4v) is 5.05. The van der Waals surface area contributed by atoms with Gasteiger partial charge in [-0.3, -0.25) is 5.32 Å². The lowest BCUT2D eigenvalue weighted by Gasteiger charge is -2.14. The number of aromatic nitrogens is 4. The van der Waals surface area contributed by atoms with E-state index in [4.69, 9.17) is 9.84 Å². The first kappa shape index (κ1) is 30.8. The second-order valence-electron chi connectivity index (χ2n) is 10.9. The highest BCUT2D eigenvalue weighted by Crippen LogP contribution is 2.34. The molecule has 47 heavy (non-hydrogen) atoms. The molecule has 0 radical (unpaired) electrons. The third-order valence-electron chi connectivity index (χ3n) is 7.41. The Bertz CT molecular complexity index is 2060. The molecular formula is C36H33N7O4. The van der Waals surface area contributed by atoms with E-state index in [-0.39, 0.29) is 17.4 Å². The molecule has 236 valence electrons. The van der Waals surface area contributed by atoms with Crippen LogP contribution >= 0.6 is 0 Å².